The van der Waals surface area contributed by atoms with Gasteiger partial charge in [0.25, 0.3) is 0 Å². The van der Waals surface area contributed by atoms with E-state index >= 15 is 0 Å². The molecule has 4 rings (SSSR count). The fourth-order valence-corrected chi connectivity index (χ4v) is 3.13. The quantitative estimate of drug-likeness (QED) is 0.596. The molecular formula is C20H14F4N4O2. The van der Waals surface area contributed by atoms with E-state index in [0.29, 0.717) is 12.1 Å². The molecule has 0 amide bonds. The predicted octanol–water partition coefficient (Wildman–Crippen LogP) is 4.21. The summed E-state index contributed by atoms with van der Waals surface area (Å²) in [6.45, 7) is 0. The van der Waals surface area contributed by atoms with Crippen molar-refractivity contribution in [3.05, 3.63) is 82.5 Å². The zero-order valence-electron chi connectivity index (χ0n) is 15.3. The van der Waals surface area contributed by atoms with Crippen LogP contribution in [0.15, 0.2) is 70.7 Å². The van der Waals surface area contributed by atoms with Crippen LogP contribution in [-0.2, 0) is 0 Å². The van der Waals surface area contributed by atoms with E-state index in [9.17, 15) is 22.4 Å². The molecule has 154 valence electrons. The van der Waals surface area contributed by atoms with Gasteiger partial charge in [-0.05, 0) is 30.3 Å². The third kappa shape index (κ3) is 4.17. The minimum absolute atomic E-state index is 0.126. The minimum Gasteiger partial charge on any atom is -0.406 e. The van der Waals surface area contributed by atoms with Gasteiger partial charge in [-0.2, -0.15) is 10.2 Å². The van der Waals surface area contributed by atoms with Gasteiger partial charge in [-0.3, -0.25) is 9.80 Å². The van der Waals surface area contributed by atoms with E-state index in [2.05, 4.69) is 14.9 Å². The lowest BCUT2D eigenvalue weighted by molar-refractivity contribution is -0.274. The molecule has 1 unspecified atom stereocenters. The van der Waals surface area contributed by atoms with E-state index in [0.717, 1.165) is 12.1 Å². The van der Waals surface area contributed by atoms with E-state index in [1.165, 1.54) is 52.3 Å². The zero-order valence-corrected chi connectivity index (χ0v) is 15.3. The maximum absolute atomic E-state index is 13.6. The molecule has 6 nitrogen and oxygen atoms in total. The number of aromatic nitrogens is 2. The normalized spacial score (nSPS) is 16.1. The van der Waals surface area contributed by atoms with Crippen molar-refractivity contribution in [1.82, 2.24) is 9.78 Å². The molecule has 0 aliphatic carbocycles. The van der Waals surface area contributed by atoms with E-state index in [4.69, 9.17) is 0 Å². The second kappa shape index (κ2) is 7.62. The van der Waals surface area contributed by atoms with Gasteiger partial charge in [-0.15, -0.1) is 13.2 Å². The summed E-state index contributed by atoms with van der Waals surface area (Å²) in [4.78, 5) is 12.5. The molecule has 0 N–H and O–H groups in total. The van der Waals surface area contributed by atoms with Crippen LogP contribution in [0, 0.1) is 5.82 Å². The van der Waals surface area contributed by atoms with Crippen LogP contribution in [-0.4, -0.2) is 22.4 Å². The van der Waals surface area contributed by atoms with Crippen LogP contribution < -0.4 is 15.2 Å². The fourth-order valence-electron chi connectivity index (χ4n) is 3.13. The molecule has 0 radical (unpaired) electrons. The van der Waals surface area contributed by atoms with Gasteiger partial charge in [0.2, 0.25) is 5.43 Å². The predicted molar refractivity (Wildman–Crippen MR) is 101 cm³/mol. The number of rotatable bonds is 4. The molecule has 2 aromatic carbocycles. The fraction of sp³-hybridized carbons (Fsp3) is 0.150. The van der Waals surface area contributed by atoms with E-state index < -0.39 is 24.0 Å². The number of alkyl halides is 3. The largest absolute Gasteiger partial charge is 0.573 e. The molecule has 0 saturated heterocycles. The number of hydrogen-bond acceptors (Lipinski definition) is 5. The molecule has 10 heteroatoms. The van der Waals surface area contributed by atoms with Gasteiger partial charge in [0, 0.05) is 31.0 Å². The van der Waals surface area contributed by atoms with Crippen molar-refractivity contribution >= 4 is 11.9 Å². The summed E-state index contributed by atoms with van der Waals surface area (Å²) in [5.41, 5.74) is 0.479. The topological polar surface area (TPSA) is 59.7 Å². The van der Waals surface area contributed by atoms with Crippen molar-refractivity contribution in [3.63, 3.8) is 0 Å². The highest BCUT2D eigenvalue weighted by molar-refractivity contribution is 5.67. The molecule has 1 aliphatic rings. The number of halogens is 4. The van der Waals surface area contributed by atoms with Gasteiger partial charge in [0.05, 0.1) is 11.4 Å². The van der Waals surface area contributed by atoms with Crippen LogP contribution in [0.2, 0.25) is 0 Å². The van der Waals surface area contributed by atoms with Crippen LogP contribution in [0.3, 0.4) is 0 Å². The third-order valence-electron chi connectivity index (χ3n) is 4.37. The average molecular weight is 418 g/mol. The van der Waals surface area contributed by atoms with E-state index in [1.54, 1.807) is 12.3 Å². The van der Waals surface area contributed by atoms with Crippen LogP contribution in [0.25, 0.3) is 5.69 Å². The summed E-state index contributed by atoms with van der Waals surface area (Å²) in [6, 6.07) is 11.7. The lowest BCUT2D eigenvalue weighted by atomic mass is 10.1. The molecular weight excluding hydrogens is 404 g/mol. The lowest BCUT2D eigenvalue weighted by Crippen LogP contribution is -2.27. The molecule has 1 atom stereocenters. The standard InChI is InChI=1S/C20H14F4N4O2/c21-13-3-1-5-15(11-13)28-17(7-9-25-28)19-18(29)8-10-27(26-19)14-4-2-6-16(12-14)30-20(22,23)24/h1-6,8-12,17H,7H2. The first-order valence-corrected chi connectivity index (χ1v) is 8.83. The second-order valence-electron chi connectivity index (χ2n) is 6.43. The van der Waals surface area contributed by atoms with Gasteiger partial charge in [0.1, 0.15) is 23.3 Å². The molecule has 1 aromatic heterocycles. The Morgan fingerprint density at radius 2 is 1.80 bits per heavy atom. The van der Waals surface area contributed by atoms with Crippen LogP contribution in [0.4, 0.5) is 23.2 Å². The first-order chi connectivity index (χ1) is 14.3. The van der Waals surface area contributed by atoms with Gasteiger partial charge < -0.3 is 4.74 Å². The van der Waals surface area contributed by atoms with Crippen molar-refractivity contribution in [3.8, 4) is 11.4 Å². The SMILES string of the molecule is O=c1ccn(-c2cccc(OC(F)(F)F)c2)nc1C1CC=NN1c1cccc(F)c1. The molecule has 1 aliphatic heterocycles. The van der Waals surface area contributed by atoms with Crippen LogP contribution in [0.1, 0.15) is 18.2 Å². The number of hydrazone groups is 1. The monoisotopic (exact) mass is 418 g/mol. The molecule has 3 aromatic rings. The van der Waals surface area contributed by atoms with Gasteiger partial charge >= 0.3 is 6.36 Å². The molecule has 0 fully saturated rings. The Morgan fingerprint density at radius 3 is 2.57 bits per heavy atom. The first-order valence-electron chi connectivity index (χ1n) is 8.83. The number of anilines is 1. The van der Waals surface area contributed by atoms with E-state index in [-0.39, 0.29) is 16.8 Å². The van der Waals surface area contributed by atoms with Crippen molar-refractivity contribution in [2.75, 3.05) is 5.01 Å². The number of benzene rings is 2. The van der Waals surface area contributed by atoms with Crippen LogP contribution in [0.5, 0.6) is 5.75 Å². The van der Waals surface area contributed by atoms with Gasteiger partial charge in [-0.25, -0.2) is 9.07 Å². The first kappa shape index (κ1) is 19.6. The maximum Gasteiger partial charge on any atom is 0.573 e. The summed E-state index contributed by atoms with van der Waals surface area (Å²) in [7, 11) is 0. The maximum atomic E-state index is 13.6. The van der Waals surface area contributed by atoms with Crippen molar-refractivity contribution in [2.24, 2.45) is 5.10 Å². The summed E-state index contributed by atoms with van der Waals surface area (Å²) in [5.74, 6) is -0.860. The molecule has 0 bridgehead atoms. The highest BCUT2D eigenvalue weighted by Gasteiger charge is 2.31. The Labute approximate surface area is 167 Å². The summed E-state index contributed by atoms with van der Waals surface area (Å²) in [6.07, 6.45) is -1.53. The van der Waals surface area contributed by atoms with Crippen molar-refractivity contribution in [2.45, 2.75) is 18.8 Å². The zero-order chi connectivity index (χ0) is 21.3. The summed E-state index contributed by atoms with van der Waals surface area (Å²) in [5, 5.41) is 10.0. The van der Waals surface area contributed by atoms with Crippen LogP contribution >= 0.6 is 0 Å². The molecule has 0 saturated carbocycles. The molecule has 30 heavy (non-hydrogen) atoms. The summed E-state index contributed by atoms with van der Waals surface area (Å²) >= 11 is 0. The number of nitrogens with zero attached hydrogens (tertiary/aromatic N) is 4. The third-order valence-corrected chi connectivity index (χ3v) is 4.37. The van der Waals surface area contributed by atoms with E-state index in [1.807, 2.05) is 0 Å². The highest BCUT2D eigenvalue weighted by atomic mass is 19.4. The summed E-state index contributed by atoms with van der Waals surface area (Å²) < 4.78 is 56.3. The average Bonchev–Trinajstić information content (AvgIpc) is 3.17. The Morgan fingerprint density at radius 1 is 1.03 bits per heavy atom. The van der Waals surface area contributed by atoms with Crippen molar-refractivity contribution in [1.29, 1.82) is 0 Å². The second-order valence-corrected chi connectivity index (χ2v) is 6.43. The Kier molecular flexibility index (Phi) is 4.98. The molecule has 0 spiro atoms. The highest BCUT2D eigenvalue weighted by Crippen LogP contribution is 2.31. The number of ether oxygens (including phenoxy) is 1. The number of hydrogen-bond donors (Lipinski definition) is 0. The Bertz CT molecular complexity index is 1160. The van der Waals surface area contributed by atoms with Crippen molar-refractivity contribution < 1.29 is 22.3 Å². The van der Waals surface area contributed by atoms with Gasteiger partial charge in [0.15, 0.2) is 0 Å². The Balaban J connectivity index is 1.69. The minimum atomic E-state index is -4.83. The lowest BCUT2D eigenvalue weighted by Gasteiger charge is -2.23. The Hall–Kier alpha value is -3.69. The van der Waals surface area contributed by atoms with Gasteiger partial charge in [-0.1, -0.05) is 12.1 Å². The molecule has 2 heterocycles. The smallest absolute Gasteiger partial charge is 0.406 e.